The number of rotatable bonds is 4. The zero-order chi connectivity index (χ0) is 15.0. The molecule has 7 heteroatoms. The average Bonchev–Trinajstić information content (AvgIpc) is 3.13. The third kappa shape index (κ3) is 3.24. The van der Waals surface area contributed by atoms with Crippen LogP contribution in [-0.4, -0.2) is 11.0 Å². The number of nitrogens with zero attached hydrogens (tertiary/aromatic N) is 1. The summed E-state index contributed by atoms with van der Waals surface area (Å²) in [4.78, 5) is 3.95. The molecule has 1 aromatic carbocycles. The van der Waals surface area contributed by atoms with E-state index in [1.807, 2.05) is 0 Å². The van der Waals surface area contributed by atoms with E-state index in [4.69, 9.17) is 4.42 Å². The van der Waals surface area contributed by atoms with Crippen molar-refractivity contribution in [3.63, 3.8) is 0 Å². The van der Waals surface area contributed by atoms with E-state index >= 15 is 0 Å². The molecule has 0 atom stereocenters. The van der Waals surface area contributed by atoms with Crippen molar-refractivity contribution in [2.24, 2.45) is 0 Å². The third-order valence-electron chi connectivity index (χ3n) is 3.23. The van der Waals surface area contributed by atoms with Crippen molar-refractivity contribution in [2.75, 3.05) is 0 Å². The molecule has 3 nitrogen and oxygen atoms in total. The van der Waals surface area contributed by atoms with Gasteiger partial charge in [0.05, 0.1) is 23.9 Å². The van der Waals surface area contributed by atoms with E-state index in [9.17, 15) is 17.6 Å². The van der Waals surface area contributed by atoms with Gasteiger partial charge >= 0.3 is 6.18 Å². The minimum absolute atomic E-state index is 0.00815. The first-order chi connectivity index (χ1) is 9.93. The second kappa shape index (κ2) is 5.14. The highest BCUT2D eigenvalue weighted by atomic mass is 19.4. The predicted molar refractivity (Wildman–Crippen MR) is 66.8 cm³/mol. The number of aromatic nitrogens is 1. The van der Waals surface area contributed by atoms with Gasteiger partial charge in [-0.3, -0.25) is 0 Å². The summed E-state index contributed by atoms with van der Waals surface area (Å²) in [6.45, 7) is 0.380. The van der Waals surface area contributed by atoms with Gasteiger partial charge in [0.25, 0.3) is 0 Å². The van der Waals surface area contributed by atoms with Crippen molar-refractivity contribution in [1.29, 1.82) is 0 Å². The molecule has 2 aromatic rings. The lowest BCUT2D eigenvalue weighted by atomic mass is 10.1. The molecule has 1 fully saturated rings. The molecule has 3 rings (SSSR count). The van der Waals surface area contributed by atoms with Crippen LogP contribution in [0.3, 0.4) is 0 Å². The van der Waals surface area contributed by atoms with Crippen molar-refractivity contribution >= 4 is 0 Å². The molecule has 0 amide bonds. The van der Waals surface area contributed by atoms with Gasteiger partial charge in [0, 0.05) is 6.04 Å². The van der Waals surface area contributed by atoms with Crippen LogP contribution in [-0.2, 0) is 12.7 Å². The Morgan fingerprint density at radius 3 is 2.71 bits per heavy atom. The number of benzene rings is 1. The number of nitrogens with one attached hydrogen (secondary N) is 1. The molecule has 21 heavy (non-hydrogen) atoms. The summed E-state index contributed by atoms with van der Waals surface area (Å²) in [5.41, 5.74) is -1.16. The Balaban J connectivity index is 1.84. The summed E-state index contributed by atoms with van der Waals surface area (Å²) in [6, 6.07) is 2.66. The quantitative estimate of drug-likeness (QED) is 0.874. The summed E-state index contributed by atoms with van der Waals surface area (Å²) >= 11 is 0. The lowest BCUT2D eigenvalue weighted by Crippen LogP contribution is -2.15. The molecular weight excluding hydrogens is 288 g/mol. The Morgan fingerprint density at radius 1 is 1.29 bits per heavy atom. The van der Waals surface area contributed by atoms with Crippen LogP contribution >= 0.6 is 0 Å². The number of hydrogen-bond acceptors (Lipinski definition) is 3. The zero-order valence-electron chi connectivity index (χ0n) is 10.9. The van der Waals surface area contributed by atoms with E-state index in [-0.39, 0.29) is 11.3 Å². The van der Waals surface area contributed by atoms with Crippen molar-refractivity contribution in [2.45, 2.75) is 31.6 Å². The highest BCUT2D eigenvalue weighted by Gasteiger charge is 2.31. The monoisotopic (exact) mass is 300 g/mol. The van der Waals surface area contributed by atoms with Crippen LogP contribution in [0, 0.1) is 5.82 Å². The molecule has 1 aliphatic rings. The first-order valence-corrected chi connectivity index (χ1v) is 6.48. The van der Waals surface area contributed by atoms with Gasteiger partial charge in [-0.2, -0.15) is 13.2 Å². The maximum Gasteiger partial charge on any atom is 0.416 e. The fourth-order valence-corrected chi connectivity index (χ4v) is 1.93. The number of hydrogen-bond donors (Lipinski definition) is 1. The summed E-state index contributed by atoms with van der Waals surface area (Å²) in [5, 5.41) is 3.16. The van der Waals surface area contributed by atoms with Gasteiger partial charge in [0.1, 0.15) is 5.82 Å². The number of oxazole rings is 1. The Hall–Kier alpha value is -1.89. The molecule has 0 bridgehead atoms. The molecule has 1 aromatic heterocycles. The van der Waals surface area contributed by atoms with Crippen molar-refractivity contribution in [3.05, 3.63) is 41.7 Å². The zero-order valence-corrected chi connectivity index (χ0v) is 10.9. The first-order valence-electron chi connectivity index (χ1n) is 6.48. The van der Waals surface area contributed by atoms with Crippen LogP contribution in [0.1, 0.15) is 24.3 Å². The van der Waals surface area contributed by atoms with Crippen molar-refractivity contribution in [3.8, 4) is 11.3 Å². The van der Waals surface area contributed by atoms with Gasteiger partial charge in [-0.15, -0.1) is 0 Å². The minimum atomic E-state index is -4.53. The van der Waals surface area contributed by atoms with Crippen LogP contribution < -0.4 is 5.32 Å². The second-order valence-corrected chi connectivity index (χ2v) is 4.97. The van der Waals surface area contributed by atoms with E-state index in [0.717, 1.165) is 25.0 Å². The minimum Gasteiger partial charge on any atom is -0.439 e. The molecule has 1 N–H and O–H groups in total. The Morgan fingerprint density at radius 2 is 2.05 bits per heavy atom. The van der Waals surface area contributed by atoms with E-state index < -0.39 is 17.6 Å². The second-order valence-electron chi connectivity index (χ2n) is 4.97. The highest BCUT2D eigenvalue weighted by molar-refractivity contribution is 5.58. The van der Waals surface area contributed by atoms with Gasteiger partial charge < -0.3 is 9.73 Å². The summed E-state index contributed by atoms with van der Waals surface area (Å²) < 4.78 is 57.0. The predicted octanol–water partition coefficient (Wildman–Crippen LogP) is 3.75. The standard InChI is InChI=1S/C14H12F4N2O/c15-11-4-1-8(14(16,17)18)5-10(11)12-6-20-13(21-12)7-19-9-2-3-9/h1,4-6,9,19H,2-3,7H2. The largest absolute Gasteiger partial charge is 0.439 e. The SMILES string of the molecule is Fc1ccc(C(F)(F)F)cc1-c1cnc(CNC2CC2)o1. The summed E-state index contributed by atoms with van der Waals surface area (Å²) in [5.74, 6) is -0.458. The molecule has 1 heterocycles. The Bertz CT molecular complexity index is 647. The van der Waals surface area contributed by atoms with Gasteiger partial charge in [0.15, 0.2) is 5.76 Å². The fraction of sp³-hybridized carbons (Fsp3) is 0.357. The third-order valence-corrected chi connectivity index (χ3v) is 3.23. The van der Waals surface area contributed by atoms with Gasteiger partial charge in [-0.25, -0.2) is 9.37 Å². The maximum absolute atomic E-state index is 13.7. The first kappa shape index (κ1) is 14.1. The highest BCUT2D eigenvalue weighted by Crippen LogP contribution is 2.33. The number of halogens is 4. The van der Waals surface area contributed by atoms with E-state index in [2.05, 4.69) is 10.3 Å². The van der Waals surface area contributed by atoms with Gasteiger partial charge in [-0.05, 0) is 31.0 Å². The fourth-order valence-electron chi connectivity index (χ4n) is 1.93. The maximum atomic E-state index is 13.7. The van der Waals surface area contributed by atoms with Crippen LogP contribution in [0.25, 0.3) is 11.3 Å². The van der Waals surface area contributed by atoms with E-state index in [0.29, 0.717) is 24.5 Å². The summed E-state index contributed by atoms with van der Waals surface area (Å²) in [6.07, 6.45) is -1.10. The lowest BCUT2D eigenvalue weighted by molar-refractivity contribution is -0.137. The van der Waals surface area contributed by atoms with Crippen LogP contribution in [0.5, 0.6) is 0 Å². The Labute approximate surface area is 118 Å². The van der Waals surface area contributed by atoms with Gasteiger partial charge in [-0.1, -0.05) is 0 Å². The number of alkyl halides is 3. The van der Waals surface area contributed by atoms with Crippen LogP contribution in [0.2, 0.25) is 0 Å². The molecule has 0 spiro atoms. The molecule has 1 aliphatic carbocycles. The van der Waals surface area contributed by atoms with Crippen LogP contribution in [0.4, 0.5) is 17.6 Å². The molecule has 0 saturated heterocycles. The summed E-state index contributed by atoms with van der Waals surface area (Å²) in [7, 11) is 0. The van der Waals surface area contributed by atoms with Crippen LogP contribution in [0.15, 0.2) is 28.8 Å². The van der Waals surface area contributed by atoms with Gasteiger partial charge in [0.2, 0.25) is 5.89 Å². The molecule has 1 saturated carbocycles. The Kier molecular flexibility index (Phi) is 3.44. The normalized spacial score (nSPS) is 15.4. The molecule has 0 unspecified atom stereocenters. The average molecular weight is 300 g/mol. The molecule has 112 valence electrons. The lowest BCUT2D eigenvalue weighted by Gasteiger charge is -2.08. The molecular formula is C14H12F4N2O. The smallest absolute Gasteiger partial charge is 0.416 e. The van der Waals surface area contributed by atoms with Crippen molar-refractivity contribution < 1.29 is 22.0 Å². The molecule has 0 aliphatic heterocycles. The van der Waals surface area contributed by atoms with E-state index in [1.165, 1.54) is 6.20 Å². The molecule has 0 radical (unpaired) electrons. The van der Waals surface area contributed by atoms with Crippen molar-refractivity contribution in [1.82, 2.24) is 10.3 Å². The van der Waals surface area contributed by atoms with E-state index in [1.54, 1.807) is 0 Å². The topological polar surface area (TPSA) is 38.1 Å².